The molecule has 0 aliphatic carbocycles. The van der Waals surface area contributed by atoms with Crippen molar-refractivity contribution >= 4 is 25.1 Å². The predicted molar refractivity (Wildman–Crippen MR) is 84.3 cm³/mol. The van der Waals surface area contributed by atoms with Crippen molar-refractivity contribution in [2.75, 3.05) is 0 Å². The Morgan fingerprint density at radius 3 is 2.28 bits per heavy atom. The summed E-state index contributed by atoms with van der Waals surface area (Å²) in [4.78, 5) is 5.33. The lowest BCUT2D eigenvalue weighted by Crippen LogP contribution is -2.31. The summed E-state index contributed by atoms with van der Waals surface area (Å²) >= 11 is 0. The smallest absolute Gasteiger partial charge is 0.335 e. The molecule has 0 aliphatic rings. The molecular weight excluding hydrogens is 399 g/mol. The van der Waals surface area contributed by atoms with Gasteiger partial charge in [-0.25, -0.2) is 4.39 Å². The number of aromatic nitrogens is 3. The average Bonchev–Trinajstić information content (AvgIpc) is 2.58. The summed E-state index contributed by atoms with van der Waals surface area (Å²) in [6.45, 7) is 0. The van der Waals surface area contributed by atoms with E-state index in [1.54, 1.807) is 0 Å². The number of alkyl halides is 3. The van der Waals surface area contributed by atoms with Gasteiger partial charge in [0.05, 0.1) is 5.56 Å². The van der Waals surface area contributed by atoms with E-state index in [1.165, 1.54) is 40.7 Å². The van der Waals surface area contributed by atoms with E-state index in [0.717, 1.165) is 12.1 Å². The number of hydrogen-bond acceptors (Lipinski definition) is 4. The second-order valence-electron chi connectivity index (χ2n) is 4.53. The zero-order valence-electron chi connectivity index (χ0n) is 12.1. The van der Waals surface area contributed by atoms with Crippen molar-refractivity contribution in [2.45, 2.75) is 6.18 Å². The lowest BCUT2D eigenvalue weighted by molar-refractivity contribution is -0.763. The van der Waals surface area contributed by atoms with E-state index in [2.05, 4.69) is 9.02 Å². The summed E-state index contributed by atoms with van der Waals surface area (Å²) in [5.41, 5.74) is -0.800. The predicted octanol–water partition coefficient (Wildman–Crippen LogP) is 5.03. The average molecular weight is 407 g/mol. The summed E-state index contributed by atoms with van der Waals surface area (Å²) in [6, 6.07) is 9.96. The maximum Gasteiger partial charge on any atom is 0.580 e. The van der Waals surface area contributed by atoms with Crippen LogP contribution >= 0.6 is 25.1 Å². The van der Waals surface area contributed by atoms with Crippen molar-refractivity contribution in [3.63, 3.8) is 0 Å². The molecule has 0 N–H and O–H groups in total. The Balaban J connectivity index is 1.69. The normalized spacial score (nSPS) is 12.6. The van der Waals surface area contributed by atoms with Crippen molar-refractivity contribution in [1.82, 2.24) is 9.02 Å². The van der Waals surface area contributed by atoms with E-state index in [1.807, 2.05) is 0 Å². The fourth-order valence-electron chi connectivity index (χ4n) is 1.66. The second-order valence-corrected chi connectivity index (χ2v) is 8.04. The highest BCUT2D eigenvalue weighted by molar-refractivity contribution is 7.47. The van der Waals surface area contributed by atoms with E-state index < -0.39 is 19.8 Å². The number of hydrogen-bond donors (Lipinski definition) is 0. The first-order valence-electron chi connectivity index (χ1n) is 6.62. The van der Waals surface area contributed by atoms with Crippen LogP contribution in [0.15, 0.2) is 48.5 Å². The van der Waals surface area contributed by atoms with Crippen LogP contribution < -0.4 is 13.6 Å². The highest BCUT2D eigenvalue weighted by Gasteiger charge is 2.31. The first-order valence-corrected chi connectivity index (χ1v) is 9.39. The van der Waals surface area contributed by atoms with Gasteiger partial charge in [-0.05, 0) is 42.5 Å². The van der Waals surface area contributed by atoms with Gasteiger partial charge in [0, 0.05) is 0 Å². The van der Waals surface area contributed by atoms with Crippen molar-refractivity contribution in [3.05, 3.63) is 59.9 Å². The SMILES string of the molecule is Fc1ccc(O[p+]2np[n+](Oc3cccc(C(F)(F)F)c3)pn2)cc1. The van der Waals surface area contributed by atoms with Gasteiger partial charge in [0.1, 0.15) is 19.1 Å². The highest BCUT2D eigenvalue weighted by atomic mass is 31.2. The zero-order chi connectivity index (χ0) is 17.9. The Morgan fingerprint density at radius 1 is 0.960 bits per heavy atom. The van der Waals surface area contributed by atoms with E-state index in [0.29, 0.717) is 22.8 Å². The maximum atomic E-state index is 12.8. The van der Waals surface area contributed by atoms with Gasteiger partial charge in [-0.1, -0.05) is 6.07 Å². The fraction of sp³-hybridized carbons (Fsp3) is 0.0769. The standard InChI is InChI=1S/C13H8F4N3O2P3/c14-10-4-6-11(7-5-10)22-25-18-23-20(24-19-25)21-12-3-1-2-9(8-12)13(15,16)17/h1-8H/q+2. The van der Waals surface area contributed by atoms with E-state index in [4.69, 9.17) is 9.36 Å². The first-order chi connectivity index (χ1) is 11.9. The van der Waals surface area contributed by atoms with Crippen LogP contribution in [-0.2, 0) is 6.18 Å². The third-order valence-electron chi connectivity index (χ3n) is 2.74. The molecule has 0 saturated heterocycles. The molecule has 2 aromatic carbocycles. The molecule has 0 radical (unpaired) electrons. The molecule has 0 spiro atoms. The molecule has 0 unspecified atom stereocenters. The van der Waals surface area contributed by atoms with Gasteiger partial charge in [0.15, 0.2) is 11.5 Å². The fourth-order valence-corrected chi connectivity index (χ4v) is 4.87. The number of halogens is 4. The van der Waals surface area contributed by atoms with Crippen LogP contribution in [-0.4, -0.2) is 9.02 Å². The maximum absolute atomic E-state index is 12.8. The quantitative estimate of drug-likeness (QED) is 0.569. The summed E-state index contributed by atoms with van der Waals surface area (Å²) in [6.07, 6.45) is -4.44. The van der Waals surface area contributed by atoms with Crippen molar-refractivity contribution in [1.29, 1.82) is 0 Å². The molecule has 0 fully saturated rings. The summed E-state index contributed by atoms with van der Waals surface area (Å²) in [5, 5.41) is 0. The van der Waals surface area contributed by atoms with Gasteiger partial charge in [0.2, 0.25) is 0 Å². The molecule has 0 amide bonds. The molecule has 1 heterocycles. The number of rotatable bonds is 4. The third kappa shape index (κ3) is 5.02. The van der Waals surface area contributed by atoms with Gasteiger partial charge in [0.25, 0.3) is 0 Å². The molecule has 128 valence electrons. The summed E-state index contributed by atoms with van der Waals surface area (Å²) < 4.78 is 65.9. The van der Waals surface area contributed by atoms with Crippen LogP contribution in [0, 0.1) is 5.82 Å². The van der Waals surface area contributed by atoms with Crippen LogP contribution in [0.4, 0.5) is 17.6 Å². The van der Waals surface area contributed by atoms with Crippen molar-refractivity contribution < 1.29 is 31.2 Å². The molecule has 25 heavy (non-hydrogen) atoms. The molecule has 1 aromatic heterocycles. The molecule has 0 saturated carbocycles. The number of benzene rings is 2. The topological polar surface area (TPSA) is 48.1 Å². The van der Waals surface area contributed by atoms with Gasteiger partial charge in [-0.3, -0.25) is 4.84 Å². The van der Waals surface area contributed by atoms with Crippen LogP contribution in [0.2, 0.25) is 0 Å². The summed E-state index contributed by atoms with van der Waals surface area (Å²) in [7, 11) is -0.792. The Hall–Kier alpha value is -1.94. The van der Waals surface area contributed by atoms with E-state index >= 15 is 0 Å². The molecule has 0 aliphatic heterocycles. The van der Waals surface area contributed by atoms with E-state index in [-0.39, 0.29) is 11.6 Å². The second kappa shape index (κ2) is 7.52. The minimum Gasteiger partial charge on any atom is -0.335 e. The number of nitrogens with zero attached hydrogens (tertiary/aromatic N) is 3. The van der Waals surface area contributed by atoms with Crippen molar-refractivity contribution in [3.8, 4) is 11.5 Å². The molecule has 0 bridgehead atoms. The largest absolute Gasteiger partial charge is 0.580 e. The molecule has 0 atom stereocenters. The molecule has 3 aromatic rings. The molecule has 3 rings (SSSR count). The van der Waals surface area contributed by atoms with Crippen LogP contribution in [0.1, 0.15) is 5.56 Å². The van der Waals surface area contributed by atoms with Gasteiger partial charge >= 0.3 is 31.3 Å². The Labute approximate surface area is 143 Å². The Kier molecular flexibility index (Phi) is 5.38. The van der Waals surface area contributed by atoms with E-state index in [9.17, 15) is 17.6 Å². The minimum atomic E-state index is -4.44. The summed E-state index contributed by atoms with van der Waals surface area (Å²) in [5.74, 6) is 0.0816. The molecular formula is C13H8F4N3O2P3+2. The highest BCUT2D eigenvalue weighted by Crippen LogP contribution is 2.31. The monoisotopic (exact) mass is 407 g/mol. The molecule has 5 nitrogen and oxygen atoms in total. The zero-order valence-corrected chi connectivity index (χ0v) is 14.8. The molecule has 12 heteroatoms. The minimum absolute atomic E-state index is 0.0332. The van der Waals surface area contributed by atoms with Crippen LogP contribution in [0.25, 0.3) is 0 Å². The van der Waals surface area contributed by atoms with Crippen LogP contribution in [0.3, 0.4) is 0 Å². The Morgan fingerprint density at radius 2 is 1.64 bits per heavy atom. The van der Waals surface area contributed by atoms with Gasteiger partial charge in [-0.15, -0.1) is 0 Å². The van der Waals surface area contributed by atoms with Gasteiger partial charge < -0.3 is 4.52 Å². The van der Waals surface area contributed by atoms with Gasteiger partial charge in [-0.2, -0.15) is 13.2 Å². The van der Waals surface area contributed by atoms with Crippen LogP contribution in [0.5, 0.6) is 11.5 Å². The first kappa shape index (κ1) is 17.9. The van der Waals surface area contributed by atoms with Crippen molar-refractivity contribution in [2.24, 2.45) is 0 Å². The Bertz CT molecular complexity index is 864. The lowest BCUT2D eigenvalue weighted by atomic mass is 10.2. The lowest BCUT2D eigenvalue weighted by Gasteiger charge is -2.06. The third-order valence-corrected chi connectivity index (χ3v) is 5.92.